The van der Waals surface area contributed by atoms with Gasteiger partial charge in [-0.05, 0) is 64.3 Å². The number of allylic oxidation sites excluding steroid dienone is 1. The number of carbonyl (C=O) groups excluding carboxylic acids is 1. The Kier molecular flexibility index (Phi) is 10.6. The van der Waals surface area contributed by atoms with Crippen LogP contribution in [0.25, 0.3) is 22.5 Å². The summed E-state index contributed by atoms with van der Waals surface area (Å²) < 4.78 is 5.55. The van der Waals surface area contributed by atoms with E-state index >= 15 is 0 Å². The molecule has 1 unspecified atom stereocenters. The monoisotopic (exact) mass is 702 g/mol. The van der Waals surface area contributed by atoms with Crippen LogP contribution in [-0.4, -0.2) is 50.4 Å². The standard InChI is InChI=1S/C45H46N6O2/c1-5-30-50-40(41(44(52)53-6-2)42(47-50)32(3)4)31-33-26-28-34(29-27-33)38-24-16-17-25-39(38)43-46-49-51(48-43)45(35-18-10-7-11-19-35,36-20-12-8-13-21-36)37-22-14-9-15-23-37/h7-29,32,40,47H,5-6,30-31H2,1-4H3. The van der Waals surface area contributed by atoms with Gasteiger partial charge in [0.15, 0.2) is 5.54 Å². The number of nitrogens with zero attached hydrogens (tertiary/aromatic N) is 5. The average molecular weight is 703 g/mol. The van der Waals surface area contributed by atoms with E-state index in [-0.39, 0.29) is 17.9 Å². The van der Waals surface area contributed by atoms with Gasteiger partial charge in [-0.25, -0.2) is 9.80 Å². The molecule has 0 radical (unpaired) electrons. The molecular formula is C45H46N6O2. The maximum atomic E-state index is 13.3. The molecule has 2 heterocycles. The highest BCUT2D eigenvalue weighted by atomic mass is 16.5. The molecule has 1 aliphatic rings. The molecule has 53 heavy (non-hydrogen) atoms. The molecular weight excluding hydrogens is 657 g/mol. The van der Waals surface area contributed by atoms with Gasteiger partial charge in [0.2, 0.25) is 5.82 Å². The van der Waals surface area contributed by atoms with Gasteiger partial charge in [0.25, 0.3) is 0 Å². The van der Waals surface area contributed by atoms with Crippen molar-refractivity contribution in [2.75, 3.05) is 13.2 Å². The topological polar surface area (TPSA) is 85.2 Å². The third-order valence-electron chi connectivity index (χ3n) is 9.95. The highest BCUT2D eigenvalue weighted by molar-refractivity contribution is 5.91. The van der Waals surface area contributed by atoms with Crippen molar-refractivity contribution in [3.63, 3.8) is 0 Å². The van der Waals surface area contributed by atoms with Gasteiger partial charge in [-0.1, -0.05) is 160 Å². The number of carbonyl (C=O) groups is 1. The van der Waals surface area contributed by atoms with Crippen LogP contribution in [0.2, 0.25) is 0 Å². The average Bonchev–Trinajstić information content (AvgIpc) is 3.83. The third kappa shape index (κ3) is 6.90. The van der Waals surface area contributed by atoms with E-state index in [0.717, 1.165) is 63.2 Å². The fourth-order valence-corrected chi connectivity index (χ4v) is 7.51. The highest BCUT2D eigenvalue weighted by Gasteiger charge is 2.41. The number of rotatable bonds is 13. The number of aromatic nitrogens is 4. The summed E-state index contributed by atoms with van der Waals surface area (Å²) in [7, 11) is 0. The fourth-order valence-electron chi connectivity index (χ4n) is 7.51. The zero-order valence-corrected chi connectivity index (χ0v) is 30.8. The van der Waals surface area contributed by atoms with E-state index in [1.54, 1.807) is 4.80 Å². The van der Waals surface area contributed by atoms with Crippen molar-refractivity contribution in [1.82, 2.24) is 30.6 Å². The molecule has 1 N–H and O–H groups in total. The Morgan fingerprint density at radius 1 is 0.755 bits per heavy atom. The molecule has 6 aromatic rings. The molecule has 1 aliphatic heterocycles. The van der Waals surface area contributed by atoms with Crippen LogP contribution in [0.15, 0.2) is 151 Å². The minimum absolute atomic E-state index is 0.122. The molecule has 1 aromatic heterocycles. The summed E-state index contributed by atoms with van der Waals surface area (Å²) in [5, 5.41) is 16.9. The summed E-state index contributed by atoms with van der Waals surface area (Å²) >= 11 is 0. The number of hydrazine groups is 1. The van der Waals surface area contributed by atoms with Crippen molar-refractivity contribution in [1.29, 1.82) is 0 Å². The Labute approximate surface area is 312 Å². The zero-order chi connectivity index (χ0) is 36.8. The van der Waals surface area contributed by atoms with Crippen LogP contribution in [-0.2, 0) is 21.5 Å². The SMILES string of the molecule is CCCN1NC(C(C)C)=C(C(=O)OCC)C1Cc1ccc(-c2ccccc2-c2nnn(C(c3ccccc3)(c3ccccc3)c3ccccc3)n2)cc1. The first-order valence-electron chi connectivity index (χ1n) is 18.6. The van der Waals surface area contributed by atoms with E-state index in [4.69, 9.17) is 20.1 Å². The lowest BCUT2D eigenvalue weighted by atomic mass is 9.77. The molecule has 8 nitrogen and oxygen atoms in total. The number of hydrogen-bond acceptors (Lipinski definition) is 7. The second-order valence-corrected chi connectivity index (χ2v) is 13.7. The van der Waals surface area contributed by atoms with Crippen molar-refractivity contribution in [3.8, 4) is 22.5 Å². The van der Waals surface area contributed by atoms with Crippen molar-refractivity contribution in [3.05, 3.63) is 173 Å². The van der Waals surface area contributed by atoms with Gasteiger partial charge in [-0.15, -0.1) is 15.0 Å². The summed E-state index contributed by atoms with van der Waals surface area (Å²) in [6.07, 6.45) is 1.64. The van der Waals surface area contributed by atoms with E-state index in [2.05, 4.69) is 140 Å². The smallest absolute Gasteiger partial charge is 0.337 e. The second-order valence-electron chi connectivity index (χ2n) is 13.7. The van der Waals surface area contributed by atoms with Crippen molar-refractivity contribution in [2.24, 2.45) is 5.92 Å². The van der Waals surface area contributed by atoms with E-state index in [9.17, 15) is 4.79 Å². The molecule has 0 saturated heterocycles. The van der Waals surface area contributed by atoms with Gasteiger partial charge in [0.05, 0.1) is 18.2 Å². The Morgan fingerprint density at radius 2 is 1.30 bits per heavy atom. The van der Waals surface area contributed by atoms with Crippen LogP contribution in [0.3, 0.4) is 0 Å². The Balaban J connectivity index is 1.25. The lowest BCUT2D eigenvalue weighted by Gasteiger charge is -2.34. The number of tetrazole rings is 1. The lowest BCUT2D eigenvalue weighted by molar-refractivity contribution is -0.139. The minimum Gasteiger partial charge on any atom is -0.463 e. The Hall–Kier alpha value is -5.86. The van der Waals surface area contributed by atoms with Crippen LogP contribution < -0.4 is 5.43 Å². The van der Waals surface area contributed by atoms with E-state index < -0.39 is 5.54 Å². The summed E-state index contributed by atoms with van der Waals surface area (Å²) in [6, 6.07) is 47.8. The molecule has 1 atom stereocenters. The quantitative estimate of drug-likeness (QED) is 0.0955. The highest BCUT2D eigenvalue weighted by Crippen LogP contribution is 2.40. The molecule has 8 heteroatoms. The Bertz CT molecular complexity index is 2070. The van der Waals surface area contributed by atoms with E-state index in [0.29, 0.717) is 18.9 Å². The summed E-state index contributed by atoms with van der Waals surface area (Å²) in [4.78, 5) is 15.0. The van der Waals surface area contributed by atoms with Crippen molar-refractivity contribution < 1.29 is 9.53 Å². The number of nitrogens with one attached hydrogen (secondary N) is 1. The first-order valence-corrected chi connectivity index (χ1v) is 18.6. The first kappa shape index (κ1) is 35.5. The molecule has 0 saturated carbocycles. The maximum absolute atomic E-state index is 13.3. The minimum atomic E-state index is -0.862. The van der Waals surface area contributed by atoms with Crippen LogP contribution >= 0.6 is 0 Å². The number of benzene rings is 5. The molecule has 7 rings (SSSR count). The number of esters is 1. The second kappa shape index (κ2) is 15.8. The van der Waals surface area contributed by atoms with Crippen LogP contribution in [0.4, 0.5) is 0 Å². The van der Waals surface area contributed by atoms with Gasteiger partial charge in [-0.3, -0.25) is 0 Å². The molecule has 268 valence electrons. The maximum Gasteiger partial charge on any atom is 0.337 e. The largest absolute Gasteiger partial charge is 0.463 e. The Morgan fingerprint density at radius 3 is 1.83 bits per heavy atom. The predicted octanol–water partition coefficient (Wildman–Crippen LogP) is 8.46. The first-order chi connectivity index (χ1) is 25.9. The van der Waals surface area contributed by atoms with E-state index in [1.165, 1.54) is 0 Å². The molecule has 0 amide bonds. The number of ether oxygens (including phenoxy) is 1. The van der Waals surface area contributed by atoms with Crippen molar-refractivity contribution >= 4 is 5.97 Å². The lowest BCUT2D eigenvalue weighted by Crippen LogP contribution is -2.42. The molecule has 0 spiro atoms. The van der Waals surface area contributed by atoms with Gasteiger partial charge in [0, 0.05) is 17.8 Å². The summed E-state index contributed by atoms with van der Waals surface area (Å²) in [5.41, 5.74) is 11.5. The van der Waals surface area contributed by atoms with Gasteiger partial charge in [0.1, 0.15) is 0 Å². The summed E-state index contributed by atoms with van der Waals surface area (Å²) in [6.45, 7) is 9.39. The normalized spacial score (nSPS) is 14.8. The van der Waals surface area contributed by atoms with Crippen LogP contribution in [0, 0.1) is 5.92 Å². The number of hydrogen-bond donors (Lipinski definition) is 1. The van der Waals surface area contributed by atoms with E-state index in [1.807, 2.05) is 37.3 Å². The van der Waals surface area contributed by atoms with Gasteiger partial charge >= 0.3 is 5.97 Å². The third-order valence-corrected chi connectivity index (χ3v) is 9.95. The van der Waals surface area contributed by atoms with Crippen LogP contribution in [0.1, 0.15) is 56.4 Å². The molecule has 0 bridgehead atoms. The van der Waals surface area contributed by atoms with Gasteiger partial charge < -0.3 is 10.2 Å². The molecule has 0 aliphatic carbocycles. The molecule has 5 aromatic carbocycles. The van der Waals surface area contributed by atoms with Gasteiger partial charge in [-0.2, -0.15) is 0 Å². The predicted molar refractivity (Wildman–Crippen MR) is 209 cm³/mol. The summed E-state index contributed by atoms with van der Waals surface area (Å²) in [5.74, 6) is 0.464. The zero-order valence-electron chi connectivity index (χ0n) is 30.8. The van der Waals surface area contributed by atoms with Crippen molar-refractivity contribution in [2.45, 2.75) is 52.1 Å². The fraction of sp³-hybridized carbons (Fsp3) is 0.244. The van der Waals surface area contributed by atoms with Crippen LogP contribution in [0.5, 0.6) is 0 Å². The molecule has 0 fully saturated rings.